The van der Waals surface area contributed by atoms with Gasteiger partial charge in [0.15, 0.2) is 5.13 Å². The molecule has 0 spiro atoms. The van der Waals surface area contributed by atoms with Crippen LogP contribution in [0.4, 0.5) is 5.13 Å². The predicted molar refractivity (Wildman–Crippen MR) is 81.9 cm³/mol. The molecule has 20 heavy (non-hydrogen) atoms. The van der Waals surface area contributed by atoms with Gasteiger partial charge in [0.2, 0.25) is 5.91 Å². The molecule has 1 atom stereocenters. The molecule has 2 aromatic rings. The second-order valence-electron chi connectivity index (χ2n) is 5.02. The summed E-state index contributed by atoms with van der Waals surface area (Å²) in [5.74, 6) is 0.140. The van der Waals surface area contributed by atoms with Crippen LogP contribution in [0.1, 0.15) is 12.0 Å². The van der Waals surface area contributed by atoms with E-state index in [1.54, 1.807) is 0 Å². The number of amides is 1. The van der Waals surface area contributed by atoms with Crippen molar-refractivity contribution in [2.75, 3.05) is 18.4 Å². The van der Waals surface area contributed by atoms with Crippen molar-refractivity contribution in [1.82, 2.24) is 10.3 Å². The molecule has 0 bridgehead atoms. The number of carbonyl (C=O) groups excluding carboxylic acids is 1. The van der Waals surface area contributed by atoms with Crippen LogP contribution < -0.4 is 10.6 Å². The molecule has 0 radical (unpaired) electrons. The number of carbonyl (C=O) groups is 1. The van der Waals surface area contributed by atoms with E-state index in [2.05, 4.69) is 34.7 Å². The van der Waals surface area contributed by atoms with E-state index in [1.807, 2.05) is 18.3 Å². The van der Waals surface area contributed by atoms with E-state index in [4.69, 9.17) is 0 Å². The number of nitrogens with one attached hydrogen (secondary N) is 2. The fourth-order valence-corrected chi connectivity index (χ4v) is 3.30. The summed E-state index contributed by atoms with van der Waals surface area (Å²) in [6, 6.07) is 8.20. The third kappa shape index (κ3) is 2.73. The molecule has 1 saturated heterocycles. The zero-order valence-corrected chi connectivity index (χ0v) is 12.2. The molecule has 2 N–H and O–H groups in total. The fourth-order valence-electron chi connectivity index (χ4n) is 2.39. The van der Waals surface area contributed by atoms with Crippen molar-refractivity contribution in [2.45, 2.75) is 13.3 Å². The van der Waals surface area contributed by atoms with Crippen molar-refractivity contribution in [2.24, 2.45) is 5.92 Å². The summed E-state index contributed by atoms with van der Waals surface area (Å²) in [5, 5.41) is 6.80. The minimum absolute atomic E-state index is 0.0701. The SMILES string of the molecule is Cc1ccccc1-c1cnc(NC(=O)[C@@H]2CCNC2)s1. The molecule has 1 aromatic heterocycles. The van der Waals surface area contributed by atoms with E-state index < -0.39 is 0 Å². The summed E-state index contributed by atoms with van der Waals surface area (Å²) < 4.78 is 0. The first-order valence-corrected chi connectivity index (χ1v) is 7.59. The Bertz CT molecular complexity index is 617. The Kier molecular flexibility index (Phi) is 3.80. The third-order valence-corrected chi connectivity index (χ3v) is 4.52. The van der Waals surface area contributed by atoms with Crippen LogP contribution >= 0.6 is 11.3 Å². The summed E-state index contributed by atoms with van der Waals surface area (Å²) in [7, 11) is 0. The van der Waals surface area contributed by atoms with Crippen LogP contribution in [0.5, 0.6) is 0 Å². The number of anilines is 1. The molecule has 1 aromatic carbocycles. The van der Waals surface area contributed by atoms with Gasteiger partial charge in [-0.3, -0.25) is 4.79 Å². The second-order valence-corrected chi connectivity index (χ2v) is 6.05. The lowest BCUT2D eigenvalue weighted by Crippen LogP contribution is -2.24. The van der Waals surface area contributed by atoms with Crippen molar-refractivity contribution in [1.29, 1.82) is 0 Å². The highest BCUT2D eigenvalue weighted by Crippen LogP contribution is 2.31. The number of hydrogen-bond acceptors (Lipinski definition) is 4. The van der Waals surface area contributed by atoms with Crippen LogP contribution in [0.15, 0.2) is 30.5 Å². The summed E-state index contributed by atoms with van der Waals surface area (Å²) >= 11 is 1.52. The number of aryl methyl sites for hydroxylation is 1. The molecule has 1 aliphatic heterocycles. The van der Waals surface area contributed by atoms with Crippen LogP contribution in [-0.2, 0) is 4.79 Å². The number of hydrogen-bond donors (Lipinski definition) is 2. The number of rotatable bonds is 3. The first kappa shape index (κ1) is 13.3. The van der Waals surface area contributed by atoms with Crippen molar-refractivity contribution in [3.8, 4) is 10.4 Å². The summed E-state index contributed by atoms with van der Waals surface area (Å²) in [6.07, 6.45) is 2.73. The van der Waals surface area contributed by atoms with Crippen molar-refractivity contribution < 1.29 is 4.79 Å². The lowest BCUT2D eigenvalue weighted by molar-refractivity contribution is -0.119. The van der Waals surface area contributed by atoms with Gasteiger partial charge in [-0.2, -0.15) is 0 Å². The average Bonchev–Trinajstić information content (AvgIpc) is 3.10. The smallest absolute Gasteiger partial charge is 0.230 e. The lowest BCUT2D eigenvalue weighted by atomic mass is 10.1. The highest BCUT2D eigenvalue weighted by Gasteiger charge is 2.23. The van der Waals surface area contributed by atoms with Crippen LogP contribution in [0, 0.1) is 12.8 Å². The molecule has 1 aliphatic rings. The Morgan fingerprint density at radius 1 is 1.45 bits per heavy atom. The Morgan fingerprint density at radius 3 is 3.05 bits per heavy atom. The van der Waals surface area contributed by atoms with Crippen molar-refractivity contribution in [3.63, 3.8) is 0 Å². The van der Waals surface area contributed by atoms with Crippen LogP contribution in [0.2, 0.25) is 0 Å². The normalized spacial score (nSPS) is 18.1. The van der Waals surface area contributed by atoms with Gasteiger partial charge in [-0.1, -0.05) is 35.6 Å². The predicted octanol–water partition coefficient (Wildman–Crippen LogP) is 2.67. The van der Waals surface area contributed by atoms with Crippen molar-refractivity contribution in [3.05, 3.63) is 36.0 Å². The topological polar surface area (TPSA) is 54.0 Å². The molecule has 1 fully saturated rings. The zero-order valence-electron chi connectivity index (χ0n) is 11.3. The highest BCUT2D eigenvalue weighted by molar-refractivity contribution is 7.19. The Labute approximate surface area is 122 Å². The largest absolute Gasteiger partial charge is 0.316 e. The molecule has 3 rings (SSSR count). The van der Waals surface area contributed by atoms with Crippen LogP contribution in [-0.4, -0.2) is 24.0 Å². The maximum Gasteiger partial charge on any atom is 0.230 e. The molecule has 104 valence electrons. The summed E-state index contributed by atoms with van der Waals surface area (Å²) in [4.78, 5) is 17.4. The third-order valence-electron chi connectivity index (χ3n) is 3.58. The van der Waals surface area contributed by atoms with Gasteiger partial charge in [0.05, 0.1) is 10.8 Å². The van der Waals surface area contributed by atoms with Crippen molar-refractivity contribution >= 4 is 22.4 Å². The number of benzene rings is 1. The molecular weight excluding hydrogens is 270 g/mol. The maximum atomic E-state index is 12.0. The summed E-state index contributed by atoms with van der Waals surface area (Å²) in [5.41, 5.74) is 2.39. The van der Waals surface area contributed by atoms with E-state index in [0.29, 0.717) is 5.13 Å². The van der Waals surface area contributed by atoms with Gasteiger partial charge in [0.25, 0.3) is 0 Å². The molecule has 0 saturated carbocycles. The number of nitrogens with zero attached hydrogens (tertiary/aromatic N) is 1. The van der Waals surface area contributed by atoms with Crippen LogP contribution in [0.3, 0.4) is 0 Å². The Balaban J connectivity index is 1.74. The second kappa shape index (κ2) is 5.73. The van der Waals surface area contributed by atoms with E-state index in [-0.39, 0.29) is 11.8 Å². The molecule has 5 heteroatoms. The van der Waals surface area contributed by atoms with Gasteiger partial charge in [0.1, 0.15) is 0 Å². The first-order chi connectivity index (χ1) is 9.74. The molecular formula is C15H17N3OS. The van der Waals surface area contributed by atoms with E-state index in [1.165, 1.54) is 22.5 Å². The van der Waals surface area contributed by atoms with Gasteiger partial charge in [-0.05, 0) is 31.0 Å². The Hall–Kier alpha value is -1.72. The molecule has 0 aliphatic carbocycles. The van der Waals surface area contributed by atoms with E-state index in [0.717, 1.165) is 24.4 Å². The minimum Gasteiger partial charge on any atom is -0.316 e. The molecule has 0 unspecified atom stereocenters. The minimum atomic E-state index is 0.0701. The van der Waals surface area contributed by atoms with Gasteiger partial charge in [-0.25, -0.2) is 4.98 Å². The lowest BCUT2D eigenvalue weighted by Gasteiger charge is -2.06. The Morgan fingerprint density at radius 2 is 2.30 bits per heavy atom. The van der Waals surface area contributed by atoms with Gasteiger partial charge in [-0.15, -0.1) is 0 Å². The number of thiazole rings is 1. The summed E-state index contributed by atoms with van der Waals surface area (Å²) in [6.45, 7) is 3.77. The molecule has 1 amide bonds. The standard InChI is InChI=1S/C15H17N3OS/c1-10-4-2-3-5-12(10)13-9-17-15(20-13)18-14(19)11-6-7-16-8-11/h2-5,9,11,16H,6-8H2,1H3,(H,17,18,19)/t11-/m1/s1. The highest BCUT2D eigenvalue weighted by atomic mass is 32.1. The average molecular weight is 287 g/mol. The fraction of sp³-hybridized carbons (Fsp3) is 0.333. The first-order valence-electron chi connectivity index (χ1n) is 6.77. The molecule has 2 heterocycles. The monoisotopic (exact) mass is 287 g/mol. The molecule has 4 nitrogen and oxygen atoms in total. The number of aromatic nitrogens is 1. The van der Waals surface area contributed by atoms with Crippen LogP contribution in [0.25, 0.3) is 10.4 Å². The van der Waals surface area contributed by atoms with E-state index in [9.17, 15) is 4.79 Å². The quantitative estimate of drug-likeness (QED) is 0.912. The van der Waals surface area contributed by atoms with Gasteiger partial charge in [0, 0.05) is 12.7 Å². The zero-order chi connectivity index (χ0) is 13.9. The maximum absolute atomic E-state index is 12.0. The van der Waals surface area contributed by atoms with E-state index >= 15 is 0 Å². The van der Waals surface area contributed by atoms with Gasteiger partial charge < -0.3 is 10.6 Å². The van der Waals surface area contributed by atoms with Gasteiger partial charge >= 0.3 is 0 Å².